The Morgan fingerprint density at radius 1 is 1.24 bits per heavy atom. The van der Waals surface area contributed by atoms with Crippen molar-refractivity contribution >= 4 is 19.6 Å². The Labute approximate surface area is 216 Å². The van der Waals surface area contributed by atoms with Crippen molar-refractivity contribution in [1.82, 2.24) is 5.09 Å². The normalized spacial score (nSPS) is 22.1. The number of para-hydroxylation sites is 1. The Hall–Kier alpha value is -2.82. The van der Waals surface area contributed by atoms with Gasteiger partial charge in [0.25, 0.3) is 12.1 Å². The van der Waals surface area contributed by atoms with E-state index in [9.17, 15) is 19.3 Å². The summed E-state index contributed by atoms with van der Waals surface area (Å²) in [5.74, 6) is -0.940. The van der Waals surface area contributed by atoms with Gasteiger partial charge in [-0.3, -0.25) is 14.1 Å². The highest BCUT2D eigenvalue weighted by molar-refractivity contribution is 7.52. The van der Waals surface area contributed by atoms with Gasteiger partial charge in [-0.05, 0) is 30.5 Å². The molecule has 3 unspecified atom stereocenters. The van der Waals surface area contributed by atoms with Gasteiger partial charge in [-0.2, -0.15) is 9.65 Å². The third-order valence-corrected chi connectivity index (χ3v) is 7.02. The highest BCUT2D eigenvalue weighted by atomic mass is 31.2. The fourth-order valence-corrected chi connectivity index (χ4v) is 4.95. The first kappa shape index (κ1) is 28.7. The number of nitrogens with zero attached hydrogens (tertiary/aromatic N) is 1. The average Bonchev–Trinajstić information content (AvgIpc) is 3.22. The fraction of sp³-hybridized carbons (Fsp3) is 0.480. The van der Waals surface area contributed by atoms with Crippen LogP contribution in [0.15, 0.2) is 54.9 Å². The third kappa shape index (κ3) is 8.62. The molecule has 1 fully saturated rings. The minimum absolute atomic E-state index is 0.181. The van der Waals surface area contributed by atoms with Crippen LogP contribution in [0.4, 0.5) is 0 Å². The Morgan fingerprint density at radius 2 is 1.95 bits per heavy atom. The second-order valence-electron chi connectivity index (χ2n) is 10.1. The number of esters is 1. The number of aliphatic hydroxyl groups is 1. The van der Waals surface area contributed by atoms with E-state index < -0.39 is 44.1 Å². The molecule has 2 heterocycles. The highest BCUT2D eigenvalue weighted by Crippen LogP contribution is 2.45. The summed E-state index contributed by atoms with van der Waals surface area (Å²) >= 11 is 0. The van der Waals surface area contributed by atoms with E-state index in [-0.39, 0.29) is 36.4 Å². The zero-order valence-electron chi connectivity index (χ0n) is 21.4. The van der Waals surface area contributed by atoms with E-state index in [4.69, 9.17) is 24.3 Å². The fourth-order valence-electron chi connectivity index (χ4n) is 3.45. The quantitative estimate of drug-likeness (QED) is 0.224. The van der Waals surface area contributed by atoms with Crippen molar-refractivity contribution in [1.29, 1.82) is 0 Å². The molecule has 0 radical (unpaired) electrons. The van der Waals surface area contributed by atoms with E-state index >= 15 is 0 Å². The number of nitrogens with one attached hydrogen (secondary N) is 1. The third-order valence-electron chi connectivity index (χ3n) is 5.37. The molecule has 1 aliphatic rings. The molecule has 37 heavy (non-hydrogen) atoms. The second kappa shape index (κ2) is 12.1. The number of rotatable bonds is 11. The molecule has 1 aromatic heterocycles. The minimum atomic E-state index is -4.12. The van der Waals surface area contributed by atoms with Gasteiger partial charge in [-0.25, -0.2) is 4.57 Å². The molecule has 1 aliphatic heterocycles. The zero-order valence-corrected chi connectivity index (χ0v) is 22.3. The highest BCUT2D eigenvalue weighted by Gasteiger charge is 2.42. The van der Waals surface area contributed by atoms with Crippen LogP contribution in [0.1, 0.15) is 50.7 Å². The minimum Gasteiger partial charge on any atom is -0.464 e. The van der Waals surface area contributed by atoms with Crippen LogP contribution in [0, 0.1) is 5.41 Å². The zero-order chi connectivity index (χ0) is 27.2. The van der Waals surface area contributed by atoms with Crippen LogP contribution in [0.2, 0.25) is 0 Å². The van der Waals surface area contributed by atoms with E-state index in [1.807, 2.05) is 20.8 Å². The number of hydrogen-bond donors (Lipinski definition) is 3. The van der Waals surface area contributed by atoms with Gasteiger partial charge < -0.3 is 24.8 Å². The lowest BCUT2D eigenvalue weighted by Crippen LogP contribution is -2.40. The van der Waals surface area contributed by atoms with Crippen LogP contribution < -0.4 is 19.9 Å². The number of aliphatic hydroxyl groups excluding tert-OH is 1. The van der Waals surface area contributed by atoms with Crippen LogP contribution in [0.3, 0.4) is 0 Å². The van der Waals surface area contributed by atoms with Gasteiger partial charge in [-0.1, -0.05) is 39.0 Å². The van der Waals surface area contributed by atoms with Crippen LogP contribution in [-0.2, 0) is 23.4 Å². The van der Waals surface area contributed by atoms with Gasteiger partial charge in [0.15, 0.2) is 12.4 Å². The van der Waals surface area contributed by atoms with Crippen LogP contribution in [0.25, 0.3) is 0 Å². The molecule has 1 amide bonds. The molecule has 5 atom stereocenters. The Balaban J connectivity index is 1.69. The molecular formula is C25H35N3O8P+. The molecule has 0 aliphatic carbocycles. The van der Waals surface area contributed by atoms with Gasteiger partial charge in [0.2, 0.25) is 0 Å². The van der Waals surface area contributed by atoms with Crippen LogP contribution in [0.5, 0.6) is 5.75 Å². The predicted molar refractivity (Wildman–Crippen MR) is 133 cm³/mol. The van der Waals surface area contributed by atoms with Gasteiger partial charge >= 0.3 is 13.7 Å². The van der Waals surface area contributed by atoms with Crippen LogP contribution in [-0.4, -0.2) is 48.4 Å². The second-order valence-corrected chi connectivity index (χ2v) is 11.7. The van der Waals surface area contributed by atoms with Crippen molar-refractivity contribution in [2.75, 3.05) is 13.2 Å². The maximum Gasteiger partial charge on any atom is 0.459 e. The molecule has 0 saturated carbocycles. The summed E-state index contributed by atoms with van der Waals surface area (Å²) in [7, 11) is -4.12. The number of ether oxygens (including phenoxy) is 2. The molecule has 1 aromatic carbocycles. The summed E-state index contributed by atoms with van der Waals surface area (Å²) < 4.78 is 37.8. The summed E-state index contributed by atoms with van der Waals surface area (Å²) in [6, 6.07) is 10.6. The average molecular weight is 537 g/mol. The number of amides is 1. The molecule has 12 heteroatoms. The van der Waals surface area contributed by atoms with E-state index in [1.165, 1.54) is 13.1 Å². The Bertz CT molecular complexity index is 1120. The molecule has 2 aromatic rings. The standard InChI is InChI=1S/C25H34N3O8P/c1-17(24(31)33-16-25(2,3)4)27-37(32,36-19-10-6-5-7-11-19)34-15-21-20(29)13-22(35-21)28-12-8-9-18(14-28)23(26)30/h5-12,14,17,20-22,29H,13,15-16H2,1-4H3,(H2-,26,27,30,32)/p+1/t17?,20-,21?,22+,37?/m0/s1. The van der Waals surface area contributed by atoms with E-state index in [0.717, 1.165) is 0 Å². The van der Waals surface area contributed by atoms with Crippen LogP contribution >= 0.6 is 7.75 Å². The first-order valence-corrected chi connectivity index (χ1v) is 13.5. The van der Waals surface area contributed by atoms with Gasteiger partial charge in [0.05, 0.1) is 25.7 Å². The van der Waals surface area contributed by atoms with Gasteiger partial charge in [0, 0.05) is 6.07 Å². The Kier molecular flexibility index (Phi) is 9.44. The molecule has 202 valence electrons. The number of primary amides is 1. The maximum absolute atomic E-state index is 13.7. The number of carbonyl (C=O) groups excluding carboxylic acids is 2. The number of nitrogens with two attached hydrogens (primary N) is 1. The number of aromatic nitrogens is 1. The SMILES string of the molecule is CC(NP(=O)(OCC1O[C@@H]([n+]2cccc(C(N)=O)c2)C[C@@H]1O)Oc1ccccc1)C(=O)OCC(C)(C)C. The van der Waals surface area contributed by atoms with E-state index in [1.54, 1.807) is 53.2 Å². The molecule has 0 bridgehead atoms. The van der Waals surface area contributed by atoms with Crippen molar-refractivity contribution in [3.63, 3.8) is 0 Å². The molecule has 4 N–H and O–H groups in total. The van der Waals surface area contributed by atoms with Crippen molar-refractivity contribution in [3.8, 4) is 5.75 Å². The largest absolute Gasteiger partial charge is 0.464 e. The van der Waals surface area contributed by atoms with E-state index in [0.29, 0.717) is 0 Å². The summed E-state index contributed by atoms with van der Waals surface area (Å²) in [5.41, 5.74) is 5.40. The van der Waals surface area contributed by atoms with E-state index in [2.05, 4.69) is 5.09 Å². The lowest BCUT2D eigenvalue weighted by molar-refractivity contribution is -0.759. The monoisotopic (exact) mass is 536 g/mol. The van der Waals surface area contributed by atoms with Gasteiger partial charge in [0.1, 0.15) is 23.5 Å². The summed E-state index contributed by atoms with van der Waals surface area (Å²) in [6.07, 6.45) is 1.01. The number of pyridine rings is 1. The molecule has 11 nitrogen and oxygen atoms in total. The summed E-state index contributed by atoms with van der Waals surface area (Å²) in [5, 5.41) is 13.2. The van der Waals surface area contributed by atoms with Crippen molar-refractivity contribution in [2.24, 2.45) is 11.1 Å². The first-order valence-electron chi connectivity index (χ1n) is 11.9. The van der Waals surface area contributed by atoms with Crippen molar-refractivity contribution in [2.45, 2.75) is 58.6 Å². The molecule has 3 rings (SSSR count). The predicted octanol–water partition coefficient (Wildman–Crippen LogP) is 2.49. The lowest BCUT2D eigenvalue weighted by Gasteiger charge is -2.25. The first-order chi connectivity index (χ1) is 17.3. The maximum atomic E-state index is 13.7. The topological polar surface area (TPSA) is 150 Å². The number of hydrogen-bond acceptors (Lipinski definition) is 8. The number of benzene rings is 1. The van der Waals surface area contributed by atoms with Crippen molar-refractivity contribution < 1.29 is 42.3 Å². The summed E-state index contributed by atoms with van der Waals surface area (Å²) in [6.45, 7) is 7.15. The lowest BCUT2D eigenvalue weighted by atomic mass is 9.99. The molecular weight excluding hydrogens is 501 g/mol. The number of carbonyl (C=O) groups is 2. The molecule has 1 saturated heterocycles. The Morgan fingerprint density at radius 3 is 2.59 bits per heavy atom. The summed E-state index contributed by atoms with van der Waals surface area (Å²) in [4.78, 5) is 24.0. The van der Waals surface area contributed by atoms with Crippen molar-refractivity contribution in [3.05, 3.63) is 60.4 Å². The van der Waals surface area contributed by atoms with Gasteiger partial charge in [-0.15, -0.1) is 0 Å². The molecule has 0 spiro atoms. The smallest absolute Gasteiger partial charge is 0.459 e.